The lowest BCUT2D eigenvalue weighted by atomic mass is 9.45. The van der Waals surface area contributed by atoms with Gasteiger partial charge in [-0.15, -0.1) is 0 Å². The Balaban J connectivity index is 2.00. The number of rotatable bonds is 0. The molecule has 0 aromatic carbocycles. The van der Waals surface area contributed by atoms with Gasteiger partial charge >= 0.3 is 0 Å². The van der Waals surface area contributed by atoms with Crippen molar-refractivity contribution in [3.8, 4) is 0 Å². The Morgan fingerprint density at radius 2 is 1.36 bits per heavy atom. The van der Waals surface area contributed by atoms with Crippen LogP contribution in [0.5, 0.6) is 0 Å². The molecular weight excluding hydrogens is 360 g/mol. The second-order valence-electron chi connectivity index (χ2n) is 12.0. The van der Waals surface area contributed by atoms with Crippen molar-refractivity contribution in [3.05, 3.63) is 0 Å². The molecule has 6 heteroatoms. The Bertz CT molecular complexity index is 703. The van der Waals surface area contributed by atoms with Gasteiger partial charge in [0.1, 0.15) is 5.60 Å². The quantitative estimate of drug-likeness (QED) is 0.361. The van der Waals surface area contributed by atoms with Crippen LogP contribution in [0.25, 0.3) is 0 Å². The minimum absolute atomic E-state index is 0.0851. The summed E-state index contributed by atoms with van der Waals surface area (Å²) in [5, 5.41) is 69.2. The van der Waals surface area contributed by atoms with Gasteiger partial charge < -0.3 is 30.6 Å². The van der Waals surface area contributed by atoms with E-state index in [1.54, 1.807) is 34.6 Å². The van der Waals surface area contributed by atoms with Gasteiger partial charge in [-0.2, -0.15) is 0 Å². The first-order valence-electron chi connectivity index (χ1n) is 10.7. The predicted octanol–water partition coefficient (Wildman–Crippen LogP) is 0.948. The molecule has 4 aliphatic rings. The van der Waals surface area contributed by atoms with Crippen LogP contribution in [0.15, 0.2) is 0 Å². The zero-order valence-corrected chi connectivity index (χ0v) is 18.0. The molecule has 0 aromatic heterocycles. The van der Waals surface area contributed by atoms with Crippen molar-refractivity contribution in [1.82, 2.24) is 0 Å². The maximum Gasteiger partial charge on any atom is 0.106 e. The number of hydrogen-bond acceptors (Lipinski definition) is 6. The highest BCUT2D eigenvalue weighted by Crippen LogP contribution is 2.75. The van der Waals surface area contributed by atoms with Crippen LogP contribution >= 0.6 is 0 Å². The lowest BCUT2D eigenvalue weighted by Gasteiger charge is -2.64. The number of fused-ring (bicyclic) bond motifs is 1. The molecule has 0 heterocycles. The minimum Gasteiger partial charge on any atom is -0.392 e. The summed E-state index contributed by atoms with van der Waals surface area (Å²) in [6, 6.07) is 0. The van der Waals surface area contributed by atoms with E-state index in [9.17, 15) is 30.6 Å². The fraction of sp³-hybridized carbons (Fsp3) is 1.00. The Hall–Kier alpha value is -0.240. The smallest absolute Gasteiger partial charge is 0.106 e. The van der Waals surface area contributed by atoms with E-state index in [4.69, 9.17) is 0 Å². The van der Waals surface area contributed by atoms with E-state index in [2.05, 4.69) is 0 Å². The summed E-state index contributed by atoms with van der Waals surface area (Å²) >= 11 is 0. The van der Waals surface area contributed by atoms with E-state index in [0.29, 0.717) is 12.8 Å². The molecule has 6 N–H and O–H groups in total. The molecule has 10 atom stereocenters. The molecule has 4 aliphatic carbocycles. The first-order chi connectivity index (χ1) is 12.4. The van der Waals surface area contributed by atoms with E-state index >= 15 is 0 Å². The summed E-state index contributed by atoms with van der Waals surface area (Å²) in [6.45, 7) is 10.6. The normalized spacial score (nSPS) is 65.6. The van der Waals surface area contributed by atoms with E-state index in [1.165, 1.54) is 0 Å². The molecule has 0 radical (unpaired) electrons. The van der Waals surface area contributed by atoms with Gasteiger partial charge in [0.25, 0.3) is 0 Å². The van der Waals surface area contributed by atoms with E-state index in [1.807, 2.05) is 6.92 Å². The fourth-order valence-electron chi connectivity index (χ4n) is 8.71. The van der Waals surface area contributed by atoms with Crippen LogP contribution in [0.3, 0.4) is 0 Å². The second kappa shape index (κ2) is 5.14. The van der Waals surface area contributed by atoms with Gasteiger partial charge in [0.15, 0.2) is 0 Å². The molecule has 0 amide bonds. The third-order valence-corrected chi connectivity index (χ3v) is 10.6. The molecule has 0 aromatic rings. The molecule has 28 heavy (non-hydrogen) atoms. The van der Waals surface area contributed by atoms with Crippen molar-refractivity contribution in [2.45, 2.75) is 108 Å². The fourth-order valence-corrected chi connectivity index (χ4v) is 8.71. The molecule has 0 bridgehead atoms. The van der Waals surface area contributed by atoms with Crippen LogP contribution in [0.2, 0.25) is 0 Å². The molecule has 0 saturated heterocycles. The van der Waals surface area contributed by atoms with E-state index < -0.39 is 56.8 Å². The first kappa shape index (κ1) is 21.0. The monoisotopic (exact) mass is 398 g/mol. The summed E-state index contributed by atoms with van der Waals surface area (Å²) in [4.78, 5) is 0. The molecule has 4 rings (SSSR count). The highest BCUT2D eigenvalue weighted by Gasteiger charge is 2.81. The Morgan fingerprint density at radius 1 is 0.786 bits per heavy atom. The lowest BCUT2D eigenvalue weighted by molar-refractivity contribution is -0.301. The van der Waals surface area contributed by atoms with Gasteiger partial charge in [0.05, 0.1) is 29.0 Å². The molecule has 0 spiro atoms. The standard InChI is InChI=1S/C22H38O6/c1-16(2)13(23)9-19(5)20(6,26)17(3)8-7-12-15(17)21(27,11-18(12,4)25)10-14(24)22(16,19)28/h12-15,23-28H,7-11H2,1-6H3/t12-,13+,14-,15-,17-,18-,19+,20-,21+,22+/m1/s1. The summed E-state index contributed by atoms with van der Waals surface area (Å²) in [6.07, 6.45) is -0.801. The number of aliphatic hydroxyl groups is 6. The van der Waals surface area contributed by atoms with Crippen LogP contribution in [0.1, 0.15) is 73.6 Å². The van der Waals surface area contributed by atoms with Gasteiger partial charge in [-0.3, -0.25) is 0 Å². The lowest BCUT2D eigenvalue weighted by Crippen LogP contribution is -2.74. The predicted molar refractivity (Wildman–Crippen MR) is 103 cm³/mol. The maximum atomic E-state index is 12.1. The van der Waals surface area contributed by atoms with Crippen molar-refractivity contribution in [3.63, 3.8) is 0 Å². The third kappa shape index (κ3) is 1.88. The molecule has 0 aliphatic heterocycles. The number of aliphatic hydroxyl groups excluding tert-OH is 2. The van der Waals surface area contributed by atoms with Crippen molar-refractivity contribution < 1.29 is 30.6 Å². The largest absolute Gasteiger partial charge is 0.392 e. The number of hydrogen-bond donors (Lipinski definition) is 6. The van der Waals surface area contributed by atoms with Crippen LogP contribution in [-0.2, 0) is 0 Å². The minimum atomic E-state index is -1.81. The zero-order valence-electron chi connectivity index (χ0n) is 18.0. The molecule has 162 valence electrons. The Morgan fingerprint density at radius 3 is 1.93 bits per heavy atom. The van der Waals surface area contributed by atoms with Gasteiger partial charge in [-0.1, -0.05) is 27.7 Å². The molecule has 4 saturated carbocycles. The topological polar surface area (TPSA) is 121 Å². The summed E-state index contributed by atoms with van der Waals surface area (Å²) < 4.78 is 0. The molecule has 0 unspecified atom stereocenters. The van der Waals surface area contributed by atoms with Crippen LogP contribution in [0, 0.1) is 28.1 Å². The van der Waals surface area contributed by atoms with Crippen molar-refractivity contribution >= 4 is 0 Å². The van der Waals surface area contributed by atoms with Crippen LogP contribution < -0.4 is 0 Å². The highest BCUT2D eigenvalue weighted by atomic mass is 16.4. The van der Waals surface area contributed by atoms with Gasteiger partial charge in [0, 0.05) is 35.0 Å². The Labute approximate surface area is 167 Å². The van der Waals surface area contributed by atoms with Crippen molar-refractivity contribution in [2.75, 3.05) is 0 Å². The summed E-state index contributed by atoms with van der Waals surface area (Å²) in [7, 11) is 0. The van der Waals surface area contributed by atoms with E-state index in [0.717, 1.165) is 0 Å². The average Bonchev–Trinajstić information content (AvgIpc) is 3.05. The van der Waals surface area contributed by atoms with Gasteiger partial charge in [-0.05, 0) is 39.0 Å². The molecule has 4 fully saturated rings. The first-order valence-corrected chi connectivity index (χ1v) is 10.7. The van der Waals surface area contributed by atoms with Gasteiger partial charge in [0.2, 0.25) is 0 Å². The second-order valence-corrected chi connectivity index (χ2v) is 12.0. The Kier molecular flexibility index (Phi) is 3.86. The van der Waals surface area contributed by atoms with Crippen molar-refractivity contribution in [2.24, 2.45) is 28.1 Å². The summed E-state index contributed by atoms with van der Waals surface area (Å²) in [5.74, 6) is -0.586. The van der Waals surface area contributed by atoms with Gasteiger partial charge in [-0.25, -0.2) is 0 Å². The summed E-state index contributed by atoms with van der Waals surface area (Å²) in [5.41, 5.74) is -8.84. The molecule has 6 nitrogen and oxygen atoms in total. The van der Waals surface area contributed by atoms with Crippen LogP contribution in [0.4, 0.5) is 0 Å². The third-order valence-electron chi connectivity index (χ3n) is 10.6. The maximum absolute atomic E-state index is 12.1. The average molecular weight is 399 g/mol. The SMILES string of the molecule is CC1(C)[C@@H](O)C[C@@]2(C)[C@](C)(O)[C@]3(C)CC[C@@H]4[C@H]3[C@](O)(C[C@@H](O)[C@]12O)C[C@@]4(C)O. The van der Waals surface area contributed by atoms with Crippen molar-refractivity contribution in [1.29, 1.82) is 0 Å². The highest BCUT2D eigenvalue weighted by molar-refractivity contribution is 5.31. The zero-order chi connectivity index (χ0) is 21.3. The van der Waals surface area contributed by atoms with E-state index in [-0.39, 0.29) is 25.2 Å². The van der Waals surface area contributed by atoms with Crippen LogP contribution in [-0.4, -0.2) is 65.3 Å². The molecular formula is C22H38O6.